The van der Waals surface area contributed by atoms with E-state index in [-0.39, 0.29) is 23.6 Å². The number of anilines is 2. The molecular weight excluding hydrogens is 359 g/mol. The summed E-state index contributed by atoms with van der Waals surface area (Å²) in [5.74, 6) is 1.32. The normalized spacial score (nSPS) is 17.3. The summed E-state index contributed by atoms with van der Waals surface area (Å²) in [6, 6.07) is 9.66. The molecule has 4 rings (SSSR count). The molecule has 0 spiro atoms. The van der Waals surface area contributed by atoms with E-state index in [1.165, 1.54) is 12.1 Å². The Labute approximate surface area is 162 Å². The van der Waals surface area contributed by atoms with Crippen molar-refractivity contribution in [2.45, 2.75) is 32.6 Å². The van der Waals surface area contributed by atoms with Gasteiger partial charge in [-0.15, -0.1) is 15.3 Å². The van der Waals surface area contributed by atoms with Crippen LogP contribution in [0.2, 0.25) is 0 Å². The van der Waals surface area contributed by atoms with Gasteiger partial charge in [0.15, 0.2) is 11.5 Å². The number of carbonyl (C=O) groups is 1. The molecule has 3 heterocycles. The molecule has 1 aliphatic rings. The van der Waals surface area contributed by atoms with Gasteiger partial charge in [0.1, 0.15) is 11.6 Å². The molecule has 1 saturated heterocycles. The minimum atomic E-state index is -0.321. The van der Waals surface area contributed by atoms with E-state index in [4.69, 9.17) is 5.10 Å². The lowest BCUT2D eigenvalue weighted by atomic mass is 9.97. The summed E-state index contributed by atoms with van der Waals surface area (Å²) in [4.78, 5) is 14.8. The van der Waals surface area contributed by atoms with E-state index in [1.807, 2.05) is 12.1 Å². The third kappa shape index (κ3) is 3.67. The van der Waals surface area contributed by atoms with Crippen molar-refractivity contribution < 1.29 is 9.18 Å². The van der Waals surface area contributed by atoms with Gasteiger partial charge in [-0.2, -0.15) is 4.52 Å². The van der Waals surface area contributed by atoms with Gasteiger partial charge >= 0.3 is 0 Å². The van der Waals surface area contributed by atoms with Crippen molar-refractivity contribution in [3.8, 4) is 0 Å². The SMILES string of the molecule is CC(C)c1nnc2ccc(N3CCC[C@@H](C(=O)Nc4ccc(F)cc4)C3)nn12. The monoisotopic (exact) mass is 382 g/mol. The molecule has 0 saturated carbocycles. The van der Waals surface area contributed by atoms with Gasteiger partial charge in [-0.05, 0) is 49.2 Å². The van der Waals surface area contributed by atoms with Crippen LogP contribution in [0.15, 0.2) is 36.4 Å². The van der Waals surface area contributed by atoms with E-state index in [0.29, 0.717) is 12.2 Å². The number of aromatic nitrogens is 4. The molecule has 0 radical (unpaired) electrons. The zero-order valence-electron chi connectivity index (χ0n) is 16.0. The molecule has 1 atom stereocenters. The first-order chi connectivity index (χ1) is 13.5. The molecule has 1 N–H and O–H groups in total. The molecule has 0 unspecified atom stereocenters. The van der Waals surface area contributed by atoms with Crippen molar-refractivity contribution in [2.75, 3.05) is 23.3 Å². The summed E-state index contributed by atoms with van der Waals surface area (Å²) in [6.07, 6.45) is 1.72. The largest absolute Gasteiger partial charge is 0.354 e. The number of benzene rings is 1. The number of nitrogens with one attached hydrogen (secondary N) is 1. The number of piperidine rings is 1. The highest BCUT2D eigenvalue weighted by Gasteiger charge is 2.27. The second kappa shape index (κ2) is 7.53. The first-order valence-corrected chi connectivity index (χ1v) is 9.55. The van der Waals surface area contributed by atoms with Crippen LogP contribution in [0.3, 0.4) is 0 Å². The molecule has 2 aromatic heterocycles. The number of rotatable bonds is 4. The summed E-state index contributed by atoms with van der Waals surface area (Å²) in [5.41, 5.74) is 1.32. The fourth-order valence-electron chi connectivity index (χ4n) is 3.50. The van der Waals surface area contributed by atoms with E-state index in [2.05, 4.69) is 34.3 Å². The zero-order chi connectivity index (χ0) is 19.7. The van der Waals surface area contributed by atoms with E-state index in [1.54, 1.807) is 16.6 Å². The van der Waals surface area contributed by atoms with Gasteiger partial charge in [0.05, 0.1) is 5.92 Å². The number of amides is 1. The zero-order valence-corrected chi connectivity index (χ0v) is 16.0. The highest BCUT2D eigenvalue weighted by molar-refractivity contribution is 5.93. The van der Waals surface area contributed by atoms with Gasteiger partial charge in [-0.1, -0.05) is 13.8 Å². The molecule has 28 heavy (non-hydrogen) atoms. The van der Waals surface area contributed by atoms with Gasteiger partial charge in [0.25, 0.3) is 0 Å². The molecule has 1 aliphatic heterocycles. The van der Waals surface area contributed by atoms with E-state index >= 15 is 0 Å². The summed E-state index contributed by atoms with van der Waals surface area (Å²) in [7, 11) is 0. The Morgan fingerprint density at radius 3 is 2.71 bits per heavy atom. The third-order valence-corrected chi connectivity index (χ3v) is 5.02. The second-order valence-corrected chi connectivity index (χ2v) is 7.46. The fraction of sp³-hybridized carbons (Fsp3) is 0.400. The number of nitrogens with zero attached hydrogens (tertiary/aromatic N) is 5. The summed E-state index contributed by atoms with van der Waals surface area (Å²) in [5, 5.41) is 16.0. The molecule has 8 heteroatoms. The highest BCUT2D eigenvalue weighted by Crippen LogP contribution is 2.24. The summed E-state index contributed by atoms with van der Waals surface area (Å²) in [6.45, 7) is 5.55. The van der Waals surface area contributed by atoms with Gasteiger partial charge in [-0.25, -0.2) is 4.39 Å². The minimum absolute atomic E-state index is 0.0513. The quantitative estimate of drug-likeness (QED) is 0.750. The predicted octanol–water partition coefficient (Wildman–Crippen LogP) is 3.24. The van der Waals surface area contributed by atoms with Gasteiger partial charge in [0.2, 0.25) is 5.91 Å². The minimum Gasteiger partial charge on any atom is -0.354 e. The lowest BCUT2D eigenvalue weighted by Gasteiger charge is -2.32. The Morgan fingerprint density at radius 2 is 1.96 bits per heavy atom. The lowest BCUT2D eigenvalue weighted by Crippen LogP contribution is -2.41. The molecule has 1 fully saturated rings. The van der Waals surface area contributed by atoms with Crippen molar-refractivity contribution in [3.05, 3.63) is 48.0 Å². The maximum atomic E-state index is 13.0. The van der Waals surface area contributed by atoms with Crippen LogP contribution in [0.1, 0.15) is 38.4 Å². The standard InChI is InChI=1S/C20H23FN6O/c1-13(2)19-24-23-17-9-10-18(25-27(17)19)26-11-3-4-14(12-26)20(28)22-16-7-5-15(21)6-8-16/h5-10,13-14H,3-4,11-12H2,1-2H3,(H,22,28)/t14-/m1/s1. The maximum Gasteiger partial charge on any atom is 0.229 e. The molecule has 1 amide bonds. The fourth-order valence-corrected chi connectivity index (χ4v) is 3.50. The third-order valence-electron chi connectivity index (χ3n) is 5.02. The Balaban J connectivity index is 1.50. The first-order valence-electron chi connectivity index (χ1n) is 9.55. The lowest BCUT2D eigenvalue weighted by molar-refractivity contribution is -0.120. The van der Waals surface area contributed by atoms with Crippen LogP contribution >= 0.6 is 0 Å². The topological polar surface area (TPSA) is 75.4 Å². The van der Waals surface area contributed by atoms with Crippen molar-refractivity contribution in [3.63, 3.8) is 0 Å². The number of halogens is 1. The molecular formula is C20H23FN6O. The predicted molar refractivity (Wildman–Crippen MR) is 105 cm³/mol. The van der Waals surface area contributed by atoms with E-state index in [0.717, 1.165) is 36.7 Å². The smallest absolute Gasteiger partial charge is 0.229 e. The Hall–Kier alpha value is -3.03. The van der Waals surface area contributed by atoms with E-state index in [9.17, 15) is 9.18 Å². The number of hydrogen-bond donors (Lipinski definition) is 1. The van der Waals surface area contributed by atoms with Crippen molar-refractivity contribution in [1.29, 1.82) is 0 Å². The Morgan fingerprint density at radius 1 is 1.18 bits per heavy atom. The maximum absolute atomic E-state index is 13.0. The summed E-state index contributed by atoms with van der Waals surface area (Å²) >= 11 is 0. The van der Waals surface area contributed by atoms with Crippen LogP contribution in [-0.4, -0.2) is 38.8 Å². The van der Waals surface area contributed by atoms with Crippen LogP contribution in [0.25, 0.3) is 5.65 Å². The average molecular weight is 382 g/mol. The molecule has 0 aliphatic carbocycles. The molecule has 0 bridgehead atoms. The molecule has 3 aromatic rings. The first kappa shape index (κ1) is 18.3. The van der Waals surface area contributed by atoms with Crippen LogP contribution in [-0.2, 0) is 4.79 Å². The second-order valence-electron chi connectivity index (χ2n) is 7.46. The van der Waals surface area contributed by atoms with E-state index < -0.39 is 0 Å². The molecule has 1 aromatic carbocycles. The van der Waals surface area contributed by atoms with Gasteiger partial charge in [-0.3, -0.25) is 4.79 Å². The van der Waals surface area contributed by atoms with Crippen molar-refractivity contribution in [1.82, 2.24) is 19.8 Å². The summed E-state index contributed by atoms with van der Waals surface area (Å²) < 4.78 is 14.8. The number of hydrogen-bond acceptors (Lipinski definition) is 5. The van der Waals surface area contributed by atoms with Crippen molar-refractivity contribution in [2.24, 2.45) is 5.92 Å². The Bertz CT molecular complexity index is 984. The number of fused-ring (bicyclic) bond motifs is 1. The number of carbonyl (C=O) groups excluding carboxylic acids is 1. The van der Waals surface area contributed by atoms with Crippen molar-refractivity contribution >= 4 is 23.1 Å². The van der Waals surface area contributed by atoms with Crippen LogP contribution in [0.5, 0.6) is 0 Å². The van der Waals surface area contributed by atoms with Crippen LogP contribution in [0, 0.1) is 11.7 Å². The van der Waals surface area contributed by atoms with Crippen LogP contribution in [0.4, 0.5) is 15.9 Å². The van der Waals surface area contributed by atoms with Crippen LogP contribution < -0.4 is 10.2 Å². The van der Waals surface area contributed by atoms with Gasteiger partial charge in [0, 0.05) is 24.7 Å². The van der Waals surface area contributed by atoms with Gasteiger partial charge < -0.3 is 10.2 Å². The Kier molecular flexibility index (Phi) is 4.93. The molecule has 7 nitrogen and oxygen atoms in total. The highest BCUT2D eigenvalue weighted by atomic mass is 19.1. The molecule has 146 valence electrons. The average Bonchev–Trinajstić information content (AvgIpc) is 3.13.